The highest BCUT2D eigenvalue weighted by Gasteiger charge is 2.45. The quantitative estimate of drug-likeness (QED) is 0.255. The molecule has 4 amide bonds. The van der Waals surface area contributed by atoms with E-state index >= 15 is 0 Å². The Morgan fingerprint density at radius 2 is 2.03 bits per heavy atom. The van der Waals surface area contributed by atoms with Crippen LogP contribution in [0.5, 0.6) is 5.75 Å². The summed E-state index contributed by atoms with van der Waals surface area (Å²) in [5, 5.41) is 2.63. The number of hydrogen-bond donors (Lipinski definition) is 1. The summed E-state index contributed by atoms with van der Waals surface area (Å²) in [6.45, 7) is 9.55. The van der Waals surface area contributed by atoms with Crippen molar-refractivity contribution < 1.29 is 28.7 Å². The Kier molecular flexibility index (Phi) is 8.11. The predicted molar refractivity (Wildman–Crippen MR) is 110 cm³/mol. The highest BCUT2D eigenvalue weighted by molar-refractivity contribution is 6.17. The topological polar surface area (TPSA) is 105 Å². The number of benzene rings is 1. The number of carbonyl (C=O) groups is 4. The summed E-state index contributed by atoms with van der Waals surface area (Å²) >= 11 is 0. The Morgan fingerprint density at radius 1 is 1.30 bits per heavy atom. The largest absolute Gasteiger partial charge is 0.489 e. The molecule has 1 heterocycles. The van der Waals surface area contributed by atoms with Gasteiger partial charge in [0.2, 0.25) is 0 Å². The van der Waals surface area contributed by atoms with Crippen molar-refractivity contribution in [2.75, 3.05) is 38.2 Å². The van der Waals surface area contributed by atoms with Gasteiger partial charge in [-0.2, -0.15) is 0 Å². The van der Waals surface area contributed by atoms with Crippen molar-refractivity contribution in [1.29, 1.82) is 0 Å². The van der Waals surface area contributed by atoms with E-state index in [0.717, 1.165) is 12.5 Å². The van der Waals surface area contributed by atoms with E-state index in [1.165, 1.54) is 11.0 Å². The van der Waals surface area contributed by atoms with Gasteiger partial charge in [0, 0.05) is 13.2 Å². The van der Waals surface area contributed by atoms with Crippen LogP contribution >= 0.6 is 0 Å². The molecule has 162 valence electrons. The van der Waals surface area contributed by atoms with E-state index in [9.17, 15) is 19.2 Å². The molecule has 1 fully saturated rings. The lowest BCUT2D eigenvalue weighted by Gasteiger charge is -2.24. The normalized spacial score (nSPS) is 14.6. The summed E-state index contributed by atoms with van der Waals surface area (Å²) in [5.41, 5.74) is 1.19. The van der Waals surface area contributed by atoms with Gasteiger partial charge in [-0.3, -0.25) is 14.4 Å². The molecule has 0 aliphatic carbocycles. The SMILES string of the molecule is C=CCN1CC(=O)N(C(C(C)=O)C(=O)Nc2cc(C)ccc2OCCOCC)C1=O. The molecule has 1 aliphatic rings. The molecule has 9 heteroatoms. The molecule has 1 unspecified atom stereocenters. The van der Waals surface area contributed by atoms with Gasteiger partial charge < -0.3 is 19.7 Å². The Morgan fingerprint density at radius 3 is 2.67 bits per heavy atom. The van der Waals surface area contributed by atoms with Crippen molar-refractivity contribution in [1.82, 2.24) is 9.80 Å². The van der Waals surface area contributed by atoms with Crippen molar-refractivity contribution in [3.8, 4) is 5.75 Å². The van der Waals surface area contributed by atoms with E-state index in [1.54, 1.807) is 12.1 Å². The molecule has 0 radical (unpaired) electrons. The second-order valence-electron chi connectivity index (χ2n) is 6.76. The van der Waals surface area contributed by atoms with Crippen LogP contribution in [0.15, 0.2) is 30.9 Å². The first kappa shape index (κ1) is 23.1. The van der Waals surface area contributed by atoms with Crippen molar-refractivity contribution in [2.24, 2.45) is 0 Å². The van der Waals surface area contributed by atoms with Gasteiger partial charge in [-0.1, -0.05) is 12.1 Å². The molecular weight excluding hydrogens is 390 g/mol. The second-order valence-corrected chi connectivity index (χ2v) is 6.76. The fraction of sp³-hybridized carbons (Fsp3) is 0.429. The van der Waals surface area contributed by atoms with Gasteiger partial charge in [0.25, 0.3) is 11.8 Å². The molecule has 1 aromatic rings. The van der Waals surface area contributed by atoms with Gasteiger partial charge in [-0.05, 0) is 38.5 Å². The minimum atomic E-state index is -1.57. The Bertz CT molecular complexity index is 838. The Balaban J connectivity index is 2.22. The number of nitrogens with zero attached hydrogens (tertiary/aromatic N) is 2. The maximum atomic E-state index is 12.9. The summed E-state index contributed by atoms with van der Waals surface area (Å²) in [5.74, 6) is -1.64. The number of nitrogens with one attached hydrogen (secondary N) is 1. The molecule has 9 nitrogen and oxygen atoms in total. The molecule has 1 saturated heterocycles. The lowest BCUT2D eigenvalue weighted by Crippen LogP contribution is -2.51. The number of imide groups is 1. The number of Topliss-reactive ketones (excluding diaryl/α,β-unsaturated/α-hetero) is 1. The fourth-order valence-electron chi connectivity index (χ4n) is 3.03. The maximum absolute atomic E-state index is 12.9. The number of amides is 4. The Hall–Kier alpha value is -3.20. The molecule has 2 rings (SSSR count). The van der Waals surface area contributed by atoms with Crippen LogP contribution in [0.1, 0.15) is 19.4 Å². The zero-order chi connectivity index (χ0) is 22.3. The van der Waals surface area contributed by atoms with Crippen LogP contribution in [0.25, 0.3) is 0 Å². The molecule has 0 spiro atoms. The molecular formula is C21H27N3O6. The fourth-order valence-corrected chi connectivity index (χ4v) is 3.03. The molecule has 1 N–H and O–H groups in total. The zero-order valence-corrected chi connectivity index (χ0v) is 17.5. The van der Waals surface area contributed by atoms with Crippen molar-refractivity contribution in [2.45, 2.75) is 26.8 Å². The van der Waals surface area contributed by atoms with Crippen LogP contribution in [0.4, 0.5) is 10.5 Å². The van der Waals surface area contributed by atoms with E-state index in [-0.39, 0.29) is 19.7 Å². The van der Waals surface area contributed by atoms with Gasteiger partial charge >= 0.3 is 6.03 Å². The highest BCUT2D eigenvalue weighted by atomic mass is 16.5. The van der Waals surface area contributed by atoms with Crippen LogP contribution in [-0.2, 0) is 19.1 Å². The third-order valence-corrected chi connectivity index (χ3v) is 4.39. The van der Waals surface area contributed by atoms with Crippen molar-refractivity contribution >= 4 is 29.3 Å². The predicted octanol–water partition coefficient (Wildman–Crippen LogP) is 1.76. The standard InChI is InChI=1S/C21H27N3O6/c1-5-9-23-13-18(26)24(21(23)28)19(15(4)25)20(27)22-16-12-14(3)7-8-17(16)30-11-10-29-6-2/h5,7-8,12,19H,1,6,9-11,13H2,2-4H3,(H,22,27). The van der Waals surface area contributed by atoms with Gasteiger partial charge in [-0.15, -0.1) is 6.58 Å². The van der Waals surface area contributed by atoms with E-state index in [2.05, 4.69) is 11.9 Å². The third kappa shape index (κ3) is 5.44. The van der Waals surface area contributed by atoms with Gasteiger partial charge in [-0.25, -0.2) is 9.69 Å². The van der Waals surface area contributed by atoms with Crippen molar-refractivity contribution in [3.63, 3.8) is 0 Å². The molecule has 0 bridgehead atoms. The van der Waals surface area contributed by atoms with E-state index in [0.29, 0.717) is 29.6 Å². The third-order valence-electron chi connectivity index (χ3n) is 4.39. The number of ketones is 1. The number of hydrogen-bond acceptors (Lipinski definition) is 6. The maximum Gasteiger partial charge on any atom is 0.328 e. The number of urea groups is 1. The van der Waals surface area contributed by atoms with E-state index < -0.39 is 29.7 Å². The van der Waals surface area contributed by atoms with Crippen molar-refractivity contribution in [3.05, 3.63) is 36.4 Å². The molecule has 1 aliphatic heterocycles. The number of rotatable bonds is 11. The Labute approximate surface area is 175 Å². The van der Waals surface area contributed by atoms with Crippen LogP contribution < -0.4 is 10.1 Å². The van der Waals surface area contributed by atoms with Crippen LogP contribution in [0, 0.1) is 6.92 Å². The summed E-state index contributed by atoms with van der Waals surface area (Å²) in [6, 6.07) is 2.92. The summed E-state index contributed by atoms with van der Waals surface area (Å²) in [7, 11) is 0. The van der Waals surface area contributed by atoms with E-state index in [1.807, 2.05) is 19.9 Å². The van der Waals surface area contributed by atoms with Crippen LogP contribution in [0.2, 0.25) is 0 Å². The minimum Gasteiger partial charge on any atom is -0.489 e. The molecule has 0 saturated carbocycles. The van der Waals surface area contributed by atoms with Gasteiger partial charge in [0.1, 0.15) is 18.9 Å². The molecule has 0 aromatic heterocycles. The first-order valence-electron chi connectivity index (χ1n) is 9.64. The monoisotopic (exact) mass is 417 g/mol. The van der Waals surface area contributed by atoms with Crippen LogP contribution in [-0.4, -0.2) is 72.4 Å². The average Bonchev–Trinajstić information content (AvgIpc) is 2.95. The number of ether oxygens (including phenoxy) is 2. The highest BCUT2D eigenvalue weighted by Crippen LogP contribution is 2.27. The van der Waals surface area contributed by atoms with Crippen LogP contribution in [0.3, 0.4) is 0 Å². The summed E-state index contributed by atoms with van der Waals surface area (Å²) in [6.07, 6.45) is 1.47. The first-order valence-corrected chi connectivity index (χ1v) is 9.64. The minimum absolute atomic E-state index is 0.142. The second kappa shape index (κ2) is 10.5. The summed E-state index contributed by atoms with van der Waals surface area (Å²) < 4.78 is 10.9. The average molecular weight is 417 g/mol. The van der Waals surface area contributed by atoms with Gasteiger partial charge in [0.05, 0.1) is 12.3 Å². The molecule has 1 aromatic carbocycles. The number of aryl methyl sites for hydroxylation is 1. The first-order chi connectivity index (χ1) is 14.3. The molecule has 1 atom stereocenters. The zero-order valence-electron chi connectivity index (χ0n) is 17.5. The molecule has 30 heavy (non-hydrogen) atoms. The lowest BCUT2D eigenvalue weighted by atomic mass is 10.1. The number of carbonyl (C=O) groups excluding carboxylic acids is 4. The number of anilines is 1. The lowest BCUT2D eigenvalue weighted by molar-refractivity contribution is -0.138. The van der Waals surface area contributed by atoms with Gasteiger partial charge in [0.15, 0.2) is 11.8 Å². The van der Waals surface area contributed by atoms with E-state index in [4.69, 9.17) is 9.47 Å². The smallest absolute Gasteiger partial charge is 0.328 e. The summed E-state index contributed by atoms with van der Waals surface area (Å²) in [4.78, 5) is 52.0.